The minimum atomic E-state index is -3.10. The van der Waals surface area contributed by atoms with Crippen molar-refractivity contribution in [3.05, 3.63) is 12.2 Å². The molecule has 1 aromatic heterocycles. The van der Waals surface area contributed by atoms with Gasteiger partial charge in [0, 0.05) is 20.0 Å². The van der Waals surface area contributed by atoms with Gasteiger partial charge in [0.25, 0.3) is 0 Å². The molecule has 13 heavy (non-hydrogen) atoms. The van der Waals surface area contributed by atoms with E-state index in [0.717, 1.165) is 12.1 Å². The van der Waals surface area contributed by atoms with Crippen LogP contribution in [0, 0.1) is 0 Å². The Kier molecular flexibility index (Phi) is 2.99. The van der Waals surface area contributed by atoms with Crippen molar-refractivity contribution in [2.45, 2.75) is 6.42 Å². The zero-order valence-electron chi connectivity index (χ0n) is 7.56. The van der Waals surface area contributed by atoms with Crippen molar-refractivity contribution in [1.29, 1.82) is 0 Å². The molecule has 0 aliphatic rings. The van der Waals surface area contributed by atoms with Crippen molar-refractivity contribution in [2.24, 2.45) is 7.05 Å². The van der Waals surface area contributed by atoms with Crippen LogP contribution in [0.25, 0.3) is 0 Å². The minimum absolute atomic E-state index is 0.353. The number of nitrogens with one attached hydrogen (secondary N) is 1. The number of sulfonamides is 1. The Bertz CT molecular complexity index is 370. The van der Waals surface area contributed by atoms with Crippen LogP contribution in [0.5, 0.6) is 0 Å². The van der Waals surface area contributed by atoms with E-state index in [1.165, 1.54) is 0 Å². The molecule has 0 spiro atoms. The van der Waals surface area contributed by atoms with Crippen molar-refractivity contribution in [1.82, 2.24) is 19.5 Å². The van der Waals surface area contributed by atoms with Gasteiger partial charge in [-0.25, -0.2) is 13.1 Å². The second kappa shape index (κ2) is 3.84. The highest BCUT2D eigenvalue weighted by molar-refractivity contribution is 7.88. The largest absolute Gasteiger partial charge is 0.321 e. The van der Waals surface area contributed by atoms with Crippen LogP contribution < -0.4 is 4.72 Å². The third-order valence-corrected chi connectivity index (χ3v) is 2.25. The van der Waals surface area contributed by atoms with Gasteiger partial charge in [-0.15, -0.1) is 10.2 Å². The molecule has 0 unspecified atom stereocenters. The lowest BCUT2D eigenvalue weighted by molar-refractivity contribution is 0.586. The number of aryl methyl sites for hydroxylation is 1. The molecule has 74 valence electrons. The standard InChI is InChI=1S/C6H12N4O2S/c1-10-5-7-9-6(10)3-4-8-13(2,11)12/h5,8H,3-4H2,1-2H3. The van der Waals surface area contributed by atoms with Gasteiger partial charge >= 0.3 is 0 Å². The van der Waals surface area contributed by atoms with Gasteiger partial charge in [-0.2, -0.15) is 0 Å². The summed E-state index contributed by atoms with van der Waals surface area (Å²) in [6.45, 7) is 0.353. The molecule has 0 atom stereocenters. The first-order chi connectivity index (χ1) is 5.99. The van der Waals surface area contributed by atoms with Gasteiger partial charge in [0.15, 0.2) is 0 Å². The molecule has 1 aromatic rings. The summed E-state index contributed by atoms with van der Waals surface area (Å²) in [5.41, 5.74) is 0. The first-order valence-electron chi connectivity index (χ1n) is 3.76. The summed E-state index contributed by atoms with van der Waals surface area (Å²) in [7, 11) is -1.28. The second-order valence-corrected chi connectivity index (χ2v) is 4.61. The van der Waals surface area contributed by atoms with Crippen LogP contribution >= 0.6 is 0 Å². The van der Waals surface area contributed by atoms with Gasteiger partial charge in [-0.3, -0.25) is 0 Å². The molecule has 1 heterocycles. The Labute approximate surface area is 77.0 Å². The van der Waals surface area contributed by atoms with Gasteiger partial charge in [0.05, 0.1) is 6.26 Å². The van der Waals surface area contributed by atoms with Crippen LogP contribution in [-0.4, -0.2) is 36.0 Å². The quantitative estimate of drug-likeness (QED) is 0.676. The van der Waals surface area contributed by atoms with E-state index in [-0.39, 0.29) is 0 Å². The zero-order valence-corrected chi connectivity index (χ0v) is 8.37. The molecule has 6 nitrogen and oxygen atoms in total. The first-order valence-corrected chi connectivity index (χ1v) is 5.66. The Balaban J connectivity index is 2.41. The third kappa shape index (κ3) is 3.51. The summed E-state index contributed by atoms with van der Waals surface area (Å²) in [5, 5.41) is 7.49. The summed E-state index contributed by atoms with van der Waals surface area (Å²) in [6.07, 6.45) is 3.25. The topological polar surface area (TPSA) is 76.9 Å². The van der Waals surface area contributed by atoms with E-state index >= 15 is 0 Å². The SMILES string of the molecule is Cn1cnnc1CCNS(C)(=O)=O. The number of hydrogen-bond acceptors (Lipinski definition) is 4. The molecule has 0 radical (unpaired) electrons. The third-order valence-electron chi connectivity index (χ3n) is 1.52. The van der Waals surface area contributed by atoms with Crippen molar-refractivity contribution >= 4 is 10.0 Å². The molecule has 0 aliphatic carbocycles. The monoisotopic (exact) mass is 204 g/mol. The molecule has 0 fully saturated rings. The fourth-order valence-electron chi connectivity index (χ4n) is 0.882. The van der Waals surface area contributed by atoms with Crippen molar-refractivity contribution in [3.63, 3.8) is 0 Å². The molecule has 1 N–H and O–H groups in total. The van der Waals surface area contributed by atoms with Crippen LogP contribution in [0.2, 0.25) is 0 Å². The van der Waals surface area contributed by atoms with Crippen molar-refractivity contribution < 1.29 is 8.42 Å². The Morgan fingerprint density at radius 3 is 2.77 bits per heavy atom. The summed E-state index contributed by atoms with van der Waals surface area (Å²) in [5.74, 6) is 0.760. The number of aromatic nitrogens is 3. The normalized spacial score (nSPS) is 11.8. The average Bonchev–Trinajstić information content (AvgIpc) is 2.34. The molecule has 0 aliphatic heterocycles. The van der Waals surface area contributed by atoms with Crippen molar-refractivity contribution in [2.75, 3.05) is 12.8 Å². The number of rotatable bonds is 4. The summed E-state index contributed by atoms with van der Waals surface area (Å²) in [4.78, 5) is 0. The summed E-state index contributed by atoms with van der Waals surface area (Å²) in [6, 6.07) is 0. The molecule has 7 heteroatoms. The van der Waals surface area contributed by atoms with E-state index in [9.17, 15) is 8.42 Å². The van der Waals surface area contributed by atoms with E-state index in [2.05, 4.69) is 14.9 Å². The van der Waals surface area contributed by atoms with Gasteiger partial charge in [-0.05, 0) is 0 Å². The van der Waals surface area contributed by atoms with Crippen LogP contribution in [0.4, 0.5) is 0 Å². The summed E-state index contributed by atoms with van der Waals surface area (Å²) < 4.78 is 25.5. The van der Waals surface area contributed by atoms with Crippen molar-refractivity contribution in [3.8, 4) is 0 Å². The molecule has 0 saturated carbocycles. The van der Waals surface area contributed by atoms with Gasteiger partial charge in [0.2, 0.25) is 10.0 Å². The predicted molar refractivity (Wildman–Crippen MR) is 47.6 cm³/mol. The van der Waals surface area contributed by atoms with Crippen LogP contribution in [-0.2, 0) is 23.5 Å². The molecule has 0 saturated heterocycles. The fraction of sp³-hybridized carbons (Fsp3) is 0.667. The highest BCUT2D eigenvalue weighted by Crippen LogP contribution is 1.91. The highest BCUT2D eigenvalue weighted by atomic mass is 32.2. The molecule has 0 bridgehead atoms. The predicted octanol–water partition coefficient (Wildman–Crippen LogP) is -1.09. The smallest absolute Gasteiger partial charge is 0.208 e. The lowest BCUT2D eigenvalue weighted by Crippen LogP contribution is -2.25. The van der Waals surface area contributed by atoms with Gasteiger partial charge in [-0.1, -0.05) is 0 Å². The fourth-order valence-corrected chi connectivity index (χ4v) is 1.35. The zero-order chi connectivity index (χ0) is 9.90. The number of hydrogen-bond donors (Lipinski definition) is 1. The second-order valence-electron chi connectivity index (χ2n) is 2.77. The molecule has 1 rings (SSSR count). The molecular formula is C6H12N4O2S. The minimum Gasteiger partial charge on any atom is -0.321 e. The van der Waals surface area contributed by atoms with E-state index in [0.29, 0.717) is 13.0 Å². The van der Waals surface area contributed by atoms with E-state index in [1.54, 1.807) is 10.9 Å². The lowest BCUT2D eigenvalue weighted by atomic mass is 10.4. The van der Waals surface area contributed by atoms with Gasteiger partial charge < -0.3 is 4.57 Å². The lowest BCUT2D eigenvalue weighted by Gasteiger charge is -2.00. The molecule has 0 aromatic carbocycles. The Morgan fingerprint density at radius 2 is 2.31 bits per heavy atom. The van der Waals surface area contributed by atoms with Crippen LogP contribution in [0.15, 0.2) is 6.33 Å². The highest BCUT2D eigenvalue weighted by Gasteiger charge is 2.03. The maximum absolute atomic E-state index is 10.7. The van der Waals surface area contributed by atoms with Gasteiger partial charge in [0.1, 0.15) is 12.2 Å². The van der Waals surface area contributed by atoms with E-state index in [4.69, 9.17) is 0 Å². The maximum atomic E-state index is 10.7. The Morgan fingerprint density at radius 1 is 1.62 bits per heavy atom. The molecule has 0 amide bonds. The average molecular weight is 204 g/mol. The Hall–Kier alpha value is -0.950. The number of nitrogens with zero attached hydrogens (tertiary/aromatic N) is 3. The van der Waals surface area contributed by atoms with Crippen LogP contribution in [0.1, 0.15) is 5.82 Å². The van der Waals surface area contributed by atoms with Crippen LogP contribution in [0.3, 0.4) is 0 Å². The maximum Gasteiger partial charge on any atom is 0.208 e. The molecular weight excluding hydrogens is 192 g/mol. The van der Waals surface area contributed by atoms with E-state index < -0.39 is 10.0 Å². The van der Waals surface area contributed by atoms with E-state index in [1.807, 2.05) is 7.05 Å². The first kappa shape index (κ1) is 10.1. The summed E-state index contributed by atoms with van der Waals surface area (Å²) >= 11 is 0.